The van der Waals surface area contributed by atoms with Crippen LogP contribution in [-0.4, -0.2) is 33.6 Å². The molecule has 0 radical (unpaired) electrons. The quantitative estimate of drug-likeness (QED) is 0.496. The van der Waals surface area contributed by atoms with Crippen LogP contribution in [0.4, 0.5) is 0 Å². The van der Waals surface area contributed by atoms with Gasteiger partial charge >= 0.3 is 5.97 Å². The molecule has 0 fully saturated rings. The predicted octanol–water partition coefficient (Wildman–Crippen LogP) is 5.20. The minimum absolute atomic E-state index is 0.127. The van der Waals surface area contributed by atoms with E-state index < -0.39 is 12.0 Å². The minimum Gasteiger partial charge on any atom is -0.493 e. The second-order valence-corrected chi connectivity index (χ2v) is 10.3. The van der Waals surface area contributed by atoms with Gasteiger partial charge in [0.1, 0.15) is 17.6 Å². The van der Waals surface area contributed by atoms with Crippen molar-refractivity contribution >= 4 is 5.97 Å². The van der Waals surface area contributed by atoms with Crippen molar-refractivity contribution in [3.05, 3.63) is 82.6 Å². The number of oxazole rings is 1. The normalized spacial score (nSPS) is 16.3. The van der Waals surface area contributed by atoms with Crippen LogP contribution in [0.1, 0.15) is 54.8 Å². The lowest BCUT2D eigenvalue weighted by Crippen LogP contribution is -2.45. The highest BCUT2D eigenvalue weighted by molar-refractivity contribution is 5.74. The number of benzene rings is 2. The maximum atomic E-state index is 11.9. The Morgan fingerprint density at radius 2 is 1.94 bits per heavy atom. The molecule has 1 aliphatic heterocycles. The molecule has 0 amide bonds. The molecule has 0 saturated heterocycles. The second kappa shape index (κ2) is 10.0. The van der Waals surface area contributed by atoms with Gasteiger partial charge in [0.2, 0.25) is 0 Å². The summed E-state index contributed by atoms with van der Waals surface area (Å²) < 4.78 is 11.9. The molecule has 0 saturated carbocycles. The summed E-state index contributed by atoms with van der Waals surface area (Å²) in [5.74, 6) is 1.64. The number of hydrogen-bond donors (Lipinski definition) is 1. The zero-order valence-corrected chi connectivity index (χ0v) is 20.5. The monoisotopic (exact) mass is 462 g/mol. The molecule has 1 atom stereocenters. The Kier molecular flexibility index (Phi) is 7.08. The van der Waals surface area contributed by atoms with E-state index in [-0.39, 0.29) is 5.41 Å². The number of nitrogens with zero attached hydrogens (tertiary/aromatic N) is 2. The number of carboxylic acid groups (broad SMARTS) is 1. The summed E-state index contributed by atoms with van der Waals surface area (Å²) >= 11 is 0. The highest BCUT2D eigenvalue weighted by Gasteiger charge is 2.31. The van der Waals surface area contributed by atoms with Crippen molar-refractivity contribution in [2.45, 2.75) is 66.1 Å². The molecule has 2 aromatic carbocycles. The van der Waals surface area contributed by atoms with Gasteiger partial charge in [0.15, 0.2) is 5.89 Å². The smallest absolute Gasteiger partial charge is 0.321 e. The van der Waals surface area contributed by atoms with Crippen LogP contribution in [0.25, 0.3) is 0 Å². The van der Waals surface area contributed by atoms with Gasteiger partial charge in [-0.3, -0.25) is 9.69 Å². The van der Waals surface area contributed by atoms with Gasteiger partial charge in [-0.2, -0.15) is 0 Å². The first-order chi connectivity index (χ1) is 16.2. The van der Waals surface area contributed by atoms with Crippen molar-refractivity contribution in [2.75, 3.05) is 6.61 Å². The SMILES string of the molecule is Cc1oc(CC(C)(C)C)nc1CCOc1ccc2c(c1)CN(Cc1ccccc1)[C@H](C(=O)O)C2. The number of aryl methyl sites for hydroxylation is 1. The van der Waals surface area contributed by atoms with Crippen molar-refractivity contribution in [2.24, 2.45) is 5.41 Å². The van der Waals surface area contributed by atoms with E-state index in [0.717, 1.165) is 46.2 Å². The molecule has 180 valence electrons. The molecule has 0 bridgehead atoms. The van der Waals surface area contributed by atoms with E-state index in [9.17, 15) is 9.90 Å². The third kappa shape index (κ3) is 6.06. The molecular formula is C28H34N2O4. The summed E-state index contributed by atoms with van der Waals surface area (Å²) in [6.07, 6.45) is 1.97. The number of rotatable bonds is 8. The number of fused-ring (bicyclic) bond motifs is 1. The number of hydrogen-bond acceptors (Lipinski definition) is 5. The number of aliphatic carboxylic acids is 1. The molecule has 0 unspecified atom stereocenters. The maximum absolute atomic E-state index is 11.9. The van der Waals surface area contributed by atoms with Crippen LogP contribution in [0.3, 0.4) is 0 Å². The summed E-state index contributed by atoms with van der Waals surface area (Å²) in [6.45, 7) is 10.2. The number of carboxylic acids is 1. The van der Waals surface area contributed by atoms with E-state index in [4.69, 9.17) is 9.15 Å². The summed E-state index contributed by atoms with van der Waals surface area (Å²) in [7, 11) is 0. The van der Waals surface area contributed by atoms with E-state index in [1.807, 2.05) is 60.4 Å². The molecule has 4 rings (SSSR count). The van der Waals surface area contributed by atoms with Gasteiger partial charge in [-0.25, -0.2) is 4.98 Å². The van der Waals surface area contributed by atoms with Gasteiger partial charge in [0.05, 0.1) is 12.3 Å². The van der Waals surface area contributed by atoms with Crippen LogP contribution in [0.5, 0.6) is 5.75 Å². The lowest BCUT2D eigenvalue weighted by molar-refractivity contribution is -0.144. The Bertz CT molecular complexity index is 1130. The Balaban J connectivity index is 1.41. The van der Waals surface area contributed by atoms with Crippen LogP contribution in [0, 0.1) is 12.3 Å². The highest BCUT2D eigenvalue weighted by atomic mass is 16.5. The number of carbonyl (C=O) groups is 1. The fourth-order valence-corrected chi connectivity index (χ4v) is 4.45. The minimum atomic E-state index is -0.782. The average molecular weight is 463 g/mol. The van der Waals surface area contributed by atoms with Crippen molar-refractivity contribution in [3.63, 3.8) is 0 Å². The average Bonchev–Trinajstić information content (AvgIpc) is 3.10. The summed E-state index contributed by atoms with van der Waals surface area (Å²) in [5, 5.41) is 9.80. The van der Waals surface area contributed by atoms with Crippen LogP contribution in [-0.2, 0) is 37.1 Å². The first-order valence-corrected chi connectivity index (χ1v) is 11.9. The zero-order chi connectivity index (χ0) is 24.3. The second-order valence-electron chi connectivity index (χ2n) is 10.3. The van der Waals surface area contributed by atoms with Crippen LogP contribution < -0.4 is 4.74 Å². The van der Waals surface area contributed by atoms with Crippen molar-refractivity contribution in [1.29, 1.82) is 0 Å². The molecular weight excluding hydrogens is 428 g/mol. The molecule has 2 heterocycles. The standard InChI is InChI=1S/C28H34N2O4/c1-19-24(29-26(34-19)16-28(2,3)4)12-13-33-23-11-10-21-15-25(27(31)32)30(18-22(21)14-23)17-20-8-6-5-7-9-20/h5-11,14,25H,12-13,15-18H2,1-4H3,(H,31,32)/t25-/m0/s1. The Hall–Kier alpha value is -3.12. The van der Waals surface area contributed by atoms with E-state index >= 15 is 0 Å². The van der Waals surface area contributed by atoms with Gasteiger partial charge in [0.25, 0.3) is 0 Å². The third-order valence-electron chi connectivity index (χ3n) is 6.14. The van der Waals surface area contributed by atoms with Crippen molar-refractivity contribution in [1.82, 2.24) is 9.88 Å². The lowest BCUT2D eigenvalue weighted by Gasteiger charge is -2.34. The fourth-order valence-electron chi connectivity index (χ4n) is 4.45. The third-order valence-corrected chi connectivity index (χ3v) is 6.14. The molecule has 0 aliphatic carbocycles. The lowest BCUT2D eigenvalue weighted by atomic mass is 9.92. The van der Waals surface area contributed by atoms with Gasteiger partial charge in [-0.1, -0.05) is 57.2 Å². The van der Waals surface area contributed by atoms with Crippen LogP contribution in [0.2, 0.25) is 0 Å². The molecule has 3 aromatic rings. The van der Waals surface area contributed by atoms with Crippen molar-refractivity contribution < 1.29 is 19.1 Å². The molecule has 1 N–H and O–H groups in total. The van der Waals surface area contributed by atoms with Gasteiger partial charge < -0.3 is 14.3 Å². The van der Waals surface area contributed by atoms with E-state index in [1.54, 1.807) is 0 Å². The Morgan fingerprint density at radius 3 is 2.65 bits per heavy atom. The maximum Gasteiger partial charge on any atom is 0.321 e. The van der Waals surface area contributed by atoms with E-state index in [1.165, 1.54) is 0 Å². The van der Waals surface area contributed by atoms with E-state index in [0.29, 0.717) is 32.5 Å². The predicted molar refractivity (Wildman–Crippen MR) is 131 cm³/mol. The van der Waals surface area contributed by atoms with Gasteiger partial charge in [-0.15, -0.1) is 0 Å². The van der Waals surface area contributed by atoms with Crippen molar-refractivity contribution in [3.8, 4) is 5.75 Å². The summed E-state index contributed by atoms with van der Waals surface area (Å²) in [5.41, 5.74) is 4.37. The fraction of sp³-hybridized carbons (Fsp3) is 0.429. The van der Waals surface area contributed by atoms with Crippen LogP contribution >= 0.6 is 0 Å². The van der Waals surface area contributed by atoms with E-state index in [2.05, 4.69) is 25.8 Å². The van der Waals surface area contributed by atoms with Gasteiger partial charge in [0, 0.05) is 25.9 Å². The largest absolute Gasteiger partial charge is 0.493 e. The topological polar surface area (TPSA) is 75.8 Å². The Labute approximate surface area is 201 Å². The van der Waals surface area contributed by atoms with Gasteiger partial charge in [-0.05, 0) is 47.6 Å². The first kappa shape index (κ1) is 24.0. The molecule has 0 spiro atoms. The number of ether oxygens (including phenoxy) is 1. The van der Waals surface area contributed by atoms with Crippen LogP contribution in [0.15, 0.2) is 52.9 Å². The molecule has 6 nitrogen and oxygen atoms in total. The molecule has 34 heavy (non-hydrogen) atoms. The first-order valence-electron chi connectivity index (χ1n) is 11.9. The molecule has 6 heteroatoms. The summed E-state index contributed by atoms with van der Waals surface area (Å²) in [6, 6.07) is 15.5. The summed E-state index contributed by atoms with van der Waals surface area (Å²) in [4.78, 5) is 18.6. The molecule has 1 aromatic heterocycles. The molecule has 1 aliphatic rings. The zero-order valence-electron chi connectivity index (χ0n) is 20.5. The Morgan fingerprint density at radius 1 is 1.18 bits per heavy atom. The highest BCUT2D eigenvalue weighted by Crippen LogP contribution is 2.29. The number of aromatic nitrogens is 1.